The summed E-state index contributed by atoms with van der Waals surface area (Å²) in [4.78, 5) is 2.36. The number of anilines is 3. The highest BCUT2D eigenvalue weighted by Crippen LogP contribution is 2.42. The molecule has 0 spiro atoms. The molecule has 2 nitrogen and oxygen atoms in total. The third-order valence-corrected chi connectivity index (χ3v) is 10.9. The van der Waals surface area contributed by atoms with Crippen molar-refractivity contribution < 1.29 is 0 Å². The summed E-state index contributed by atoms with van der Waals surface area (Å²) < 4.78 is 5.03. The van der Waals surface area contributed by atoms with Gasteiger partial charge in [-0.1, -0.05) is 103 Å². The van der Waals surface area contributed by atoms with Crippen LogP contribution in [-0.4, -0.2) is 4.57 Å². The van der Waals surface area contributed by atoms with E-state index in [1.807, 2.05) is 11.3 Å². The van der Waals surface area contributed by atoms with Crippen molar-refractivity contribution in [3.05, 3.63) is 182 Å². The molecule has 0 aliphatic rings. The predicted octanol–water partition coefficient (Wildman–Crippen LogP) is 13.4. The number of thiophene rings is 1. The van der Waals surface area contributed by atoms with E-state index in [0.717, 1.165) is 17.1 Å². The third kappa shape index (κ3) is 4.55. The van der Waals surface area contributed by atoms with Crippen LogP contribution in [0.1, 0.15) is 0 Å². The van der Waals surface area contributed by atoms with E-state index in [2.05, 4.69) is 191 Å². The monoisotopic (exact) mass is 642 g/mol. The van der Waals surface area contributed by atoms with Crippen molar-refractivity contribution >= 4 is 81.1 Å². The lowest BCUT2D eigenvalue weighted by atomic mass is 9.96. The Labute approximate surface area is 288 Å². The quantitative estimate of drug-likeness (QED) is 0.181. The zero-order valence-corrected chi connectivity index (χ0v) is 27.4. The predicted molar refractivity (Wildman–Crippen MR) is 211 cm³/mol. The summed E-state index contributed by atoms with van der Waals surface area (Å²) >= 11 is 1.88. The highest BCUT2D eigenvalue weighted by atomic mass is 32.1. The van der Waals surface area contributed by atoms with Crippen molar-refractivity contribution in [3.8, 4) is 16.8 Å². The largest absolute Gasteiger partial charge is 0.310 e. The maximum Gasteiger partial charge on any atom is 0.0542 e. The lowest BCUT2D eigenvalue weighted by Crippen LogP contribution is -2.09. The van der Waals surface area contributed by atoms with E-state index in [-0.39, 0.29) is 0 Å². The van der Waals surface area contributed by atoms with E-state index in [1.165, 1.54) is 69.6 Å². The van der Waals surface area contributed by atoms with Gasteiger partial charge in [-0.05, 0) is 101 Å². The van der Waals surface area contributed by atoms with Crippen LogP contribution in [0.5, 0.6) is 0 Å². The summed E-state index contributed by atoms with van der Waals surface area (Å²) in [6.45, 7) is 0. The lowest BCUT2D eigenvalue weighted by Gasteiger charge is -2.26. The molecule has 0 aliphatic carbocycles. The molecule has 0 unspecified atom stereocenters. The van der Waals surface area contributed by atoms with Gasteiger partial charge in [0.15, 0.2) is 0 Å². The van der Waals surface area contributed by atoms with E-state index in [4.69, 9.17) is 0 Å². The van der Waals surface area contributed by atoms with Gasteiger partial charge in [0.1, 0.15) is 0 Å². The van der Waals surface area contributed by atoms with Gasteiger partial charge in [0, 0.05) is 53.7 Å². The highest BCUT2D eigenvalue weighted by molar-refractivity contribution is 7.25. The third-order valence-electron chi connectivity index (χ3n) is 9.76. The Balaban J connectivity index is 1.10. The SMILES string of the molecule is c1ccc(N(c2ccc(-c3cccc4cc5c(cc34)sc3ccccc35)cc2)c2ccc3c(c2)c2ccccc2n3-c2ccccc2)cc1. The van der Waals surface area contributed by atoms with Crippen molar-refractivity contribution in [1.82, 2.24) is 4.57 Å². The number of benzene rings is 8. The molecule has 0 N–H and O–H groups in total. The fraction of sp³-hybridized carbons (Fsp3) is 0. The average Bonchev–Trinajstić information content (AvgIpc) is 3.70. The smallest absolute Gasteiger partial charge is 0.0542 e. The molecule has 0 bridgehead atoms. The van der Waals surface area contributed by atoms with E-state index in [1.54, 1.807) is 0 Å². The van der Waals surface area contributed by atoms with Crippen LogP contribution >= 0.6 is 11.3 Å². The topological polar surface area (TPSA) is 8.17 Å². The molecule has 10 aromatic rings. The number of fused-ring (bicyclic) bond motifs is 7. The molecule has 2 heterocycles. The second kappa shape index (κ2) is 11.2. The first-order valence-electron chi connectivity index (χ1n) is 16.7. The first-order valence-corrected chi connectivity index (χ1v) is 17.5. The van der Waals surface area contributed by atoms with Gasteiger partial charge < -0.3 is 9.47 Å². The maximum atomic E-state index is 2.38. The molecule has 0 fully saturated rings. The zero-order chi connectivity index (χ0) is 32.3. The summed E-state index contributed by atoms with van der Waals surface area (Å²) in [6, 6.07) is 66.1. The van der Waals surface area contributed by atoms with Crippen LogP contribution in [0.15, 0.2) is 182 Å². The van der Waals surface area contributed by atoms with Gasteiger partial charge in [-0.3, -0.25) is 0 Å². The minimum Gasteiger partial charge on any atom is -0.310 e. The molecule has 0 aliphatic heterocycles. The number of hydrogen-bond donors (Lipinski definition) is 0. The molecule has 0 atom stereocenters. The Bertz CT molecular complexity index is 2810. The summed E-state index contributed by atoms with van der Waals surface area (Å²) in [5, 5.41) is 7.71. The van der Waals surface area contributed by atoms with Crippen LogP contribution in [0.3, 0.4) is 0 Å². The fourth-order valence-electron chi connectivity index (χ4n) is 7.52. The van der Waals surface area contributed by atoms with Crippen LogP contribution in [0, 0.1) is 0 Å². The average molecular weight is 643 g/mol. The van der Waals surface area contributed by atoms with E-state index in [0.29, 0.717) is 0 Å². The van der Waals surface area contributed by atoms with Crippen molar-refractivity contribution in [3.63, 3.8) is 0 Å². The summed E-state index contributed by atoms with van der Waals surface area (Å²) in [6.07, 6.45) is 0. The summed E-state index contributed by atoms with van der Waals surface area (Å²) in [5.41, 5.74) is 9.40. The first-order chi connectivity index (χ1) is 24.3. The Morgan fingerprint density at radius 3 is 1.90 bits per heavy atom. The van der Waals surface area contributed by atoms with Gasteiger partial charge in [-0.2, -0.15) is 0 Å². The minimum atomic E-state index is 1.12. The Morgan fingerprint density at radius 1 is 0.388 bits per heavy atom. The molecule has 0 amide bonds. The number of rotatable bonds is 5. The standard InChI is InChI=1S/C46H30N2S/c1-3-13-33(14-4-1)47(36-26-27-44-41(29-36)38-17-7-9-20-43(38)48(44)34-15-5-2-6-16-34)35-24-22-31(23-25-35)37-19-11-12-32-28-42-39-18-8-10-21-45(39)49-46(42)30-40(32)37/h1-30H. The lowest BCUT2D eigenvalue weighted by molar-refractivity contribution is 1.18. The van der Waals surface area contributed by atoms with E-state index < -0.39 is 0 Å². The molecule has 0 radical (unpaired) electrons. The van der Waals surface area contributed by atoms with Gasteiger partial charge in [-0.15, -0.1) is 11.3 Å². The van der Waals surface area contributed by atoms with Crippen molar-refractivity contribution in [2.75, 3.05) is 4.90 Å². The number of para-hydroxylation sites is 3. The Hall–Kier alpha value is -6.16. The molecular formula is C46H30N2S. The molecule has 3 heteroatoms. The number of aromatic nitrogens is 1. The van der Waals surface area contributed by atoms with E-state index in [9.17, 15) is 0 Å². The van der Waals surface area contributed by atoms with Crippen LogP contribution in [0.2, 0.25) is 0 Å². The van der Waals surface area contributed by atoms with Crippen LogP contribution in [0.4, 0.5) is 17.1 Å². The van der Waals surface area contributed by atoms with Gasteiger partial charge in [0.25, 0.3) is 0 Å². The maximum absolute atomic E-state index is 2.38. The highest BCUT2D eigenvalue weighted by Gasteiger charge is 2.18. The molecule has 2 aromatic heterocycles. The molecule has 0 saturated carbocycles. The van der Waals surface area contributed by atoms with Gasteiger partial charge >= 0.3 is 0 Å². The van der Waals surface area contributed by atoms with Crippen molar-refractivity contribution in [2.45, 2.75) is 0 Å². The van der Waals surface area contributed by atoms with Crippen molar-refractivity contribution in [2.24, 2.45) is 0 Å². The summed E-state index contributed by atoms with van der Waals surface area (Å²) in [7, 11) is 0. The molecule has 10 rings (SSSR count). The molecule has 0 saturated heterocycles. The number of hydrogen-bond acceptors (Lipinski definition) is 2. The van der Waals surface area contributed by atoms with E-state index >= 15 is 0 Å². The fourth-order valence-corrected chi connectivity index (χ4v) is 8.65. The van der Waals surface area contributed by atoms with Gasteiger partial charge in [0.05, 0.1) is 11.0 Å². The molecule has 230 valence electrons. The van der Waals surface area contributed by atoms with Gasteiger partial charge in [0.2, 0.25) is 0 Å². The van der Waals surface area contributed by atoms with Crippen molar-refractivity contribution in [1.29, 1.82) is 0 Å². The van der Waals surface area contributed by atoms with Crippen LogP contribution in [0.25, 0.3) is 69.6 Å². The normalized spacial score (nSPS) is 11.7. The molecule has 8 aromatic carbocycles. The Morgan fingerprint density at radius 2 is 1.06 bits per heavy atom. The second-order valence-electron chi connectivity index (χ2n) is 12.6. The van der Waals surface area contributed by atoms with Gasteiger partial charge in [-0.25, -0.2) is 0 Å². The zero-order valence-electron chi connectivity index (χ0n) is 26.6. The summed E-state index contributed by atoms with van der Waals surface area (Å²) in [5.74, 6) is 0. The van der Waals surface area contributed by atoms with Crippen LogP contribution < -0.4 is 4.90 Å². The number of nitrogens with zero attached hydrogens (tertiary/aromatic N) is 2. The Kier molecular flexibility index (Phi) is 6.39. The van der Waals surface area contributed by atoms with Crippen LogP contribution in [-0.2, 0) is 0 Å². The first kappa shape index (κ1) is 27.9. The molecule has 49 heavy (non-hydrogen) atoms. The minimum absolute atomic E-state index is 1.12. The second-order valence-corrected chi connectivity index (χ2v) is 13.7. The molecular weight excluding hydrogens is 613 g/mol.